The molecule has 8 nitrogen and oxygen atoms in total. The summed E-state index contributed by atoms with van der Waals surface area (Å²) in [6.45, 7) is 1.73. The molecule has 0 fully saturated rings. The van der Waals surface area contributed by atoms with Crippen LogP contribution in [-0.4, -0.2) is 34.1 Å². The first-order chi connectivity index (χ1) is 12.2. The van der Waals surface area contributed by atoms with Crippen LogP contribution in [0.25, 0.3) is 0 Å². The van der Waals surface area contributed by atoms with E-state index in [1.54, 1.807) is 0 Å². The number of pyridine rings is 1. The number of carbonyl (C=O) groups is 2. The first-order valence-electron chi connectivity index (χ1n) is 7.99. The number of nitrogens with one attached hydrogen (secondary N) is 2. The van der Waals surface area contributed by atoms with Crippen LogP contribution >= 0.6 is 0 Å². The second-order valence-electron chi connectivity index (χ2n) is 5.67. The molecule has 0 aromatic carbocycles. The third-order valence-electron chi connectivity index (χ3n) is 3.58. The van der Waals surface area contributed by atoms with Crippen molar-refractivity contribution in [2.45, 2.75) is 38.8 Å². The van der Waals surface area contributed by atoms with Gasteiger partial charge < -0.3 is 5.73 Å². The van der Waals surface area contributed by atoms with Gasteiger partial charge in [0.05, 0.1) is 18.2 Å². The third kappa shape index (κ3) is 6.75. The fourth-order valence-corrected chi connectivity index (χ4v) is 2.17. The predicted molar refractivity (Wildman–Crippen MR) is 87.6 cm³/mol. The highest BCUT2D eigenvalue weighted by Gasteiger charge is 2.33. The van der Waals surface area contributed by atoms with Crippen LogP contribution in [0, 0.1) is 5.92 Å². The van der Waals surface area contributed by atoms with E-state index in [2.05, 4.69) is 15.8 Å². The summed E-state index contributed by atoms with van der Waals surface area (Å²) in [5, 5.41) is 9.64. The van der Waals surface area contributed by atoms with Crippen molar-refractivity contribution in [3.05, 3.63) is 17.8 Å². The van der Waals surface area contributed by atoms with E-state index < -0.39 is 23.7 Å². The Morgan fingerprint density at radius 2 is 2.12 bits per heavy atom. The molecule has 26 heavy (non-hydrogen) atoms. The molecule has 146 valence electrons. The lowest BCUT2D eigenvalue weighted by molar-refractivity contribution is -0.154. The molecule has 0 unspecified atom stereocenters. The van der Waals surface area contributed by atoms with E-state index in [1.807, 2.05) is 6.92 Å². The Bertz CT molecular complexity index is 613. The molecule has 1 rings (SSSR count). The number of unbranched alkanes of at least 4 members (excludes halogenated alkanes) is 2. The molecule has 0 saturated heterocycles. The van der Waals surface area contributed by atoms with Gasteiger partial charge in [-0.05, 0) is 18.6 Å². The zero-order valence-electron chi connectivity index (χ0n) is 14.2. The van der Waals surface area contributed by atoms with Crippen molar-refractivity contribution in [3.8, 4) is 0 Å². The van der Waals surface area contributed by atoms with Crippen LogP contribution in [0.5, 0.6) is 0 Å². The van der Waals surface area contributed by atoms with Gasteiger partial charge in [0, 0.05) is 0 Å². The molecule has 0 saturated carbocycles. The number of hydroxylamine groups is 2. The zero-order valence-corrected chi connectivity index (χ0v) is 14.2. The first-order valence-corrected chi connectivity index (χ1v) is 7.99. The van der Waals surface area contributed by atoms with Gasteiger partial charge >= 0.3 is 6.18 Å². The van der Waals surface area contributed by atoms with Gasteiger partial charge in [0.15, 0.2) is 5.82 Å². The van der Waals surface area contributed by atoms with E-state index in [0.717, 1.165) is 25.0 Å². The highest BCUT2D eigenvalue weighted by atomic mass is 19.4. The molecule has 1 aromatic heterocycles. The summed E-state index contributed by atoms with van der Waals surface area (Å²) in [5.74, 6) is -1.71. The van der Waals surface area contributed by atoms with E-state index in [-0.39, 0.29) is 24.5 Å². The molecule has 1 heterocycles. The fourth-order valence-electron chi connectivity index (χ4n) is 2.17. The molecule has 1 atom stereocenters. The van der Waals surface area contributed by atoms with E-state index in [9.17, 15) is 28.0 Å². The zero-order chi connectivity index (χ0) is 19.7. The Labute approximate surface area is 148 Å². The van der Waals surface area contributed by atoms with Crippen LogP contribution < -0.4 is 16.6 Å². The standard InChI is InChI=1S/C15H22F3N5O3/c1-2-3-4-5-10(8-23(26)9-24)14(25)22-21-13-11(19)6-7-12(20-13)15(16,17)18/h6-7,9-10,26H,2-5,8,19H2,1H3,(H,20,21)(H,22,25)/t10-/m0/s1. The third-order valence-corrected chi connectivity index (χ3v) is 3.58. The van der Waals surface area contributed by atoms with E-state index in [0.29, 0.717) is 17.9 Å². The average Bonchev–Trinajstić information content (AvgIpc) is 2.58. The summed E-state index contributed by atoms with van der Waals surface area (Å²) in [5.41, 5.74) is 8.80. The lowest BCUT2D eigenvalue weighted by Gasteiger charge is -2.20. The lowest BCUT2D eigenvalue weighted by Crippen LogP contribution is -2.40. The van der Waals surface area contributed by atoms with Gasteiger partial charge in [-0.3, -0.25) is 25.6 Å². The van der Waals surface area contributed by atoms with Crippen LogP contribution in [0.4, 0.5) is 24.7 Å². The molecule has 0 radical (unpaired) electrons. The molecular weight excluding hydrogens is 355 g/mol. The van der Waals surface area contributed by atoms with Crippen LogP contribution in [0.1, 0.15) is 38.3 Å². The summed E-state index contributed by atoms with van der Waals surface area (Å²) in [4.78, 5) is 26.1. The topological polar surface area (TPSA) is 121 Å². The Morgan fingerprint density at radius 3 is 2.69 bits per heavy atom. The Balaban J connectivity index is 2.78. The molecule has 11 heteroatoms. The van der Waals surface area contributed by atoms with Crippen molar-refractivity contribution in [2.75, 3.05) is 17.7 Å². The lowest BCUT2D eigenvalue weighted by atomic mass is 10.0. The highest BCUT2D eigenvalue weighted by molar-refractivity contribution is 5.81. The number of hydrogen-bond donors (Lipinski definition) is 4. The van der Waals surface area contributed by atoms with Gasteiger partial charge in [-0.25, -0.2) is 10.0 Å². The largest absolute Gasteiger partial charge is 0.433 e. The molecule has 0 spiro atoms. The highest BCUT2D eigenvalue weighted by Crippen LogP contribution is 2.29. The van der Waals surface area contributed by atoms with Gasteiger partial charge in [-0.15, -0.1) is 0 Å². The molecule has 1 aromatic rings. The SMILES string of the molecule is CCCCC[C@@H](CN(O)C=O)C(=O)NNc1nc(C(F)(F)F)ccc1N. The number of rotatable bonds is 10. The molecule has 0 aliphatic heterocycles. The number of nitrogens with zero attached hydrogens (tertiary/aromatic N) is 2. The van der Waals surface area contributed by atoms with E-state index in [1.165, 1.54) is 0 Å². The van der Waals surface area contributed by atoms with Crippen molar-refractivity contribution in [1.29, 1.82) is 0 Å². The van der Waals surface area contributed by atoms with Crippen molar-refractivity contribution in [1.82, 2.24) is 15.5 Å². The summed E-state index contributed by atoms with van der Waals surface area (Å²) < 4.78 is 38.1. The van der Waals surface area contributed by atoms with Gasteiger partial charge in [0.2, 0.25) is 12.3 Å². The monoisotopic (exact) mass is 377 g/mol. The van der Waals surface area contributed by atoms with Crippen LogP contribution in [0.15, 0.2) is 12.1 Å². The normalized spacial score (nSPS) is 12.3. The molecular formula is C15H22F3N5O3. The van der Waals surface area contributed by atoms with Gasteiger partial charge in [-0.1, -0.05) is 26.2 Å². The fraction of sp³-hybridized carbons (Fsp3) is 0.533. The number of anilines is 2. The smallest absolute Gasteiger partial charge is 0.396 e. The van der Waals surface area contributed by atoms with Gasteiger partial charge in [0.25, 0.3) is 0 Å². The average molecular weight is 377 g/mol. The number of hydrazine groups is 1. The maximum Gasteiger partial charge on any atom is 0.433 e. The Hall–Kier alpha value is -2.56. The summed E-state index contributed by atoms with van der Waals surface area (Å²) in [7, 11) is 0. The number of hydrogen-bond acceptors (Lipinski definition) is 6. The van der Waals surface area contributed by atoms with Gasteiger partial charge in [-0.2, -0.15) is 13.2 Å². The van der Waals surface area contributed by atoms with Crippen LogP contribution in [-0.2, 0) is 15.8 Å². The maximum atomic E-state index is 12.7. The molecule has 0 aliphatic rings. The molecule has 5 N–H and O–H groups in total. The van der Waals surface area contributed by atoms with E-state index in [4.69, 9.17) is 5.73 Å². The molecule has 0 aliphatic carbocycles. The van der Waals surface area contributed by atoms with Crippen molar-refractivity contribution in [3.63, 3.8) is 0 Å². The number of nitrogens with two attached hydrogens (primary N) is 1. The minimum absolute atomic E-state index is 0.0856. The summed E-state index contributed by atoms with van der Waals surface area (Å²) in [6, 6.07) is 1.74. The Morgan fingerprint density at radius 1 is 1.42 bits per heavy atom. The van der Waals surface area contributed by atoms with Crippen molar-refractivity contribution < 1.29 is 28.0 Å². The number of alkyl halides is 3. The minimum atomic E-state index is -4.65. The maximum absolute atomic E-state index is 12.7. The number of carbonyl (C=O) groups excluding carboxylic acids is 2. The molecule has 2 amide bonds. The predicted octanol–water partition coefficient (Wildman–Crippen LogP) is 2.17. The van der Waals surface area contributed by atoms with Crippen molar-refractivity contribution >= 4 is 23.8 Å². The summed E-state index contributed by atoms with van der Waals surface area (Å²) in [6.07, 6.45) is -1.65. The van der Waals surface area contributed by atoms with Crippen LogP contribution in [0.2, 0.25) is 0 Å². The Kier molecular flexibility index (Phi) is 8.10. The second-order valence-corrected chi connectivity index (χ2v) is 5.67. The van der Waals surface area contributed by atoms with Crippen molar-refractivity contribution in [2.24, 2.45) is 5.92 Å². The number of aromatic nitrogens is 1. The van der Waals surface area contributed by atoms with E-state index >= 15 is 0 Å². The quantitative estimate of drug-likeness (QED) is 0.215. The molecule has 0 bridgehead atoms. The summed E-state index contributed by atoms with van der Waals surface area (Å²) >= 11 is 0. The first kappa shape index (κ1) is 21.5. The second kappa shape index (κ2) is 9.80. The van der Waals surface area contributed by atoms with Gasteiger partial charge in [0.1, 0.15) is 5.69 Å². The minimum Gasteiger partial charge on any atom is -0.396 e. The van der Waals surface area contributed by atoms with Crippen LogP contribution in [0.3, 0.4) is 0 Å². The number of nitrogen functional groups attached to an aromatic ring is 1. The number of amides is 2. The number of halogens is 3.